The molecule has 0 aliphatic rings. The summed E-state index contributed by atoms with van der Waals surface area (Å²) in [5, 5.41) is 13.1. The van der Waals surface area contributed by atoms with E-state index in [4.69, 9.17) is 11.3 Å². The first kappa shape index (κ1) is 12.1. The van der Waals surface area contributed by atoms with Crippen molar-refractivity contribution < 1.29 is 14.3 Å². The van der Waals surface area contributed by atoms with Crippen molar-refractivity contribution in [2.45, 2.75) is 13.3 Å². The fourth-order valence-electron chi connectivity index (χ4n) is 1.10. The number of hydrogen-bond donors (Lipinski definition) is 1. The van der Waals surface area contributed by atoms with E-state index in [0.29, 0.717) is 24.2 Å². The summed E-state index contributed by atoms with van der Waals surface area (Å²) in [4.78, 5) is 4.82. The third-order valence-corrected chi connectivity index (χ3v) is 2.02. The summed E-state index contributed by atoms with van der Waals surface area (Å²) >= 11 is 0. The lowest BCUT2D eigenvalue weighted by molar-refractivity contribution is 0.152. The summed E-state index contributed by atoms with van der Waals surface area (Å²) in [5.74, 6) is 1.95. The lowest BCUT2D eigenvalue weighted by atomic mass is 10.1. The van der Waals surface area contributed by atoms with E-state index in [-0.39, 0.29) is 5.75 Å². The van der Waals surface area contributed by atoms with Crippen molar-refractivity contribution in [1.29, 1.82) is 0 Å². The number of phenols is 1. The minimum absolute atomic E-state index is 0.0387. The SMILES string of the molecule is C#CCCON=Cc1c(O)ccc(F)c1C. The molecule has 0 saturated carbocycles. The van der Waals surface area contributed by atoms with Gasteiger partial charge in [0.1, 0.15) is 18.2 Å². The monoisotopic (exact) mass is 221 g/mol. The Labute approximate surface area is 93.5 Å². The van der Waals surface area contributed by atoms with Gasteiger partial charge in [-0.15, -0.1) is 12.3 Å². The third kappa shape index (κ3) is 2.99. The van der Waals surface area contributed by atoms with Gasteiger partial charge in [-0.25, -0.2) is 4.39 Å². The van der Waals surface area contributed by atoms with Gasteiger partial charge in [0, 0.05) is 12.0 Å². The fourth-order valence-corrected chi connectivity index (χ4v) is 1.10. The molecule has 0 aromatic heterocycles. The number of benzene rings is 1. The fraction of sp³-hybridized carbons (Fsp3) is 0.250. The first-order valence-electron chi connectivity index (χ1n) is 4.73. The first-order chi connectivity index (χ1) is 7.66. The molecule has 84 valence electrons. The highest BCUT2D eigenvalue weighted by molar-refractivity contribution is 5.85. The molecule has 16 heavy (non-hydrogen) atoms. The Morgan fingerprint density at radius 1 is 1.62 bits per heavy atom. The zero-order valence-electron chi connectivity index (χ0n) is 8.90. The third-order valence-electron chi connectivity index (χ3n) is 2.02. The van der Waals surface area contributed by atoms with E-state index < -0.39 is 5.82 Å². The molecular weight excluding hydrogens is 209 g/mol. The van der Waals surface area contributed by atoms with Crippen molar-refractivity contribution in [3.63, 3.8) is 0 Å². The number of aromatic hydroxyl groups is 1. The lowest BCUT2D eigenvalue weighted by Gasteiger charge is -2.03. The molecule has 0 fully saturated rings. The highest BCUT2D eigenvalue weighted by Crippen LogP contribution is 2.21. The maximum Gasteiger partial charge on any atom is 0.128 e. The number of hydrogen-bond acceptors (Lipinski definition) is 3. The Kier molecular flexibility index (Phi) is 4.34. The van der Waals surface area contributed by atoms with Crippen molar-refractivity contribution in [3.05, 3.63) is 29.1 Å². The summed E-state index contributed by atoms with van der Waals surface area (Å²) in [7, 11) is 0. The van der Waals surface area contributed by atoms with Crippen LogP contribution in [0.2, 0.25) is 0 Å². The Morgan fingerprint density at radius 2 is 2.38 bits per heavy atom. The molecule has 4 heteroatoms. The molecule has 1 aromatic rings. The normalized spacial score (nSPS) is 10.3. The first-order valence-corrected chi connectivity index (χ1v) is 4.73. The van der Waals surface area contributed by atoms with Crippen LogP contribution in [-0.2, 0) is 4.84 Å². The van der Waals surface area contributed by atoms with Crippen LogP contribution in [0.1, 0.15) is 17.5 Å². The number of oxime groups is 1. The minimum atomic E-state index is -0.400. The zero-order chi connectivity index (χ0) is 12.0. The van der Waals surface area contributed by atoms with Crippen LogP contribution in [0.25, 0.3) is 0 Å². The van der Waals surface area contributed by atoms with Gasteiger partial charge in [-0.3, -0.25) is 0 Å². The van der Waals surface area contributed by atoms with Crippen LogP contribution < -0.4 is 0 Å². The summed E-state index contributed by atoms with van der Waals surface area (Å²) in [6.07, 6.45) is 6.74. The Morgan fingerprint density at radius 3 is 3.06 bits per heavy atom. The van der Waals surface area contributed by atoms with E-state index in [1.54, 1.807) is 6.92 Å². The molecular formula is C12H12FNO2. The Bertz CT molecular complexity index is 435. The van der Waals surface area contributed by atoms with Gasteiger partial charge >= 0.3 is 0 Å². The second kappa shape index (κ2) is 5.76. The highest BCUT2D eigenvalue weighted by Gasteiger charge is 2.06. The Hall–Kier alpha value is -2.02. The molecule has 1 aromatic carbocycles. The molecule has 0 aliphatic heterocycles. The van der Waals surface area contributed by atoms with Crippen LogP contribution in [-0.4, -0.2) is 17.9 Å². The smallest absolute Gasteiger partial charge is 0.128 e. The molecule has 0 unspecified atom stereocenters. The van der Waals surface area contributed by atoms with E-state index in [1.165, 1.54) is 18.3 Å². The van der Waals surface area contributed by atoms with Crippen molar-refractivity contribution in [1.82, 2.24) is 0 Å². The van der Waals surface area contributed by atoms with Gasteiger partial charge in [0.2, 0.25) is 0 Å². The number of halogens is 1. The highest BCUT2D eigenvalue weighted by atomic mass is 19.1. The molecule has 3 nitrogen and oxygen atoms in total. The Balaban J connectivity index is 2.73. The molecule has 0 spiro atoms. The van der Waals surface area contributed by atoms with Gasteiger partial charge in [-0.05, 0) is 24.6 Å². The summed E-state index contributed by atoms with van der Waals surface area (Å²) < 4.78 is 13.1. The molecule has 0 saturated heterocycles. The van der Waals surface area contributed by atoms with Crippen LogP contribution in [0, 0.1) is 25.1 Å². The van der Waals surface area contributed by atoms with Gasteiger partial charge in [-0.1, -0.05) is 5.16 Å². The molecule has 0 heterocycles. The molecule has 1 rings (SSSR count). The van der Waals surface area contributed by atoms with E-state index in [1.807, 2.05) is 0 Å². The zero-order valence-corrected chi connectivity index (χ0v) is 8.90. The van der Waals surface area contributed by atoms with Crippen LogP contribution in [0.4, 0.5) is 4.39 Å². The standard InChI is InChI=1S/C12H12FNO2/c1-3-4-7-16-14-8-10-9(2)11(13)5-6-12(10)15/h1,5-6,8,15H,4,7H2,2H3. The minimum Gasteiger partial charge on any atom is -0.507 e. The predicted molar refractivity (Wildman–Crippen MR) is 59.8 cm³/mol. The van der Waals surface area contributed by atoms with Crippen LogP contribution in [0.15, 0.2) is 17.3 Å². The quantitative estimate of drug-likeness (QED) is 0.366. The van der Waals surface area contributed by atoms with Gasteiger partial charge in [0.15, 0.2) is 0 Å². The maximum atomic E-state index is 13.1. The predicted octanol–water partition coefficient (Wildman–Crippen LogP) is 2.21. The number of phenolic OH excluding ortho intramolecular Hbond substituents is 1. The second-order valence-electron chi connectivity index (χ2n) is 3.13. The van der Waals surface area contributed by atoms with Crippen LogP contribution in [0.3, 0.4) is 0 Å². The molecule has 0 amide bonds. The van der Waals surface area contributed by atoms with Gasteiger partial charge in [-0.2, -0.15) is 0 Å². The molecule has 0 radical (unpaired) electrons. The summed E-state index contributed by atoms with van der Waals surface area (Å²) in [5.41, 5.74) is 0.630. The van der Waals surface area contributed by atoms with Gasteiger partial charge < -0.3 is 9.94 Å². The van der Waals surface area contributed by atoms with E-state index >= 15 is 0 Å². The van der Waals surface area contributed by atoms with Crippen molar-refractivity contribution >= 4 is 6.21 Å². The second-order valence-corrected chi connectivity index (χ2v) is 3.13. The van der Waals surface area contributed by atoms with Crippen molar-refractivity contribution in [2.75, 3.05) is 6.61 Å². The molecule has 0 bridgehead atoms. The average molecular weight is 221 g/mol. The van der Waals surface area contributed by atoms with E-state index in [9.17, 15) is 9.50 Å². The average Bonchev–Trinajstić information content (AvgIpc) is 2.28. The van der Waals surface area contributed by atoms with Crippen LogP contribution >= 0.6 is 0 Å². The number of terminal acetylenes is 1. The number of nitrogens with zero attached hydrogens (tertiary/aromatic N) is 1. The van der Waals surface area contributed by atoms with Crippen LogP contribution in [0.5, 0.6) is 5.75 Å². The topological polar surface area (TPSA) is 41.8 Å². The van der Waals surface area contributed by atoms with E-state index in [2.05, 4.69) is 11.1 Å². The van der Waals surface area contributed by atoms with Crippen molar-refractivity contribution in [2.24, 2.45) is 5.16 Å². The molecule has 0 aliphatic carbocycles. The van der Waals surface area contributed by atoms with Gasteiger partial charge in [0.25, 0.3) is 0 Å². The maximum absolute atomic E-state index is 13.1. The van der Waals surface area contributed by atoms with E-state index in [0.717, 1.165) is 0 Å². The number of rotatable bonds is 4. The molecule has 1 N–H and O–H groups in total. The molecule has 0 atom stereocenters. The lowest BCUT2D eigenvalue weighted by Crippen LogP contribution is -1.94. The van der Waals surface area contributed by atoms with Crippen molar-refractivity contribution in [3.8, 4) is 18.1 Å². The largest absolute Gasteiger partial charge is 0.507 e. The summed E-state index contributed by atoms with van der Waals surface area (Å²) in [6.45, 7) is 1.85. The van der Waals surface area contributed by atoms with Gasteiger partial charge in [0.05, 0.1) is 6.21 Å². The summed E-state index contributed by atoms with van der Waals surface area (Å²) in [6, 6.07) is 2.46.